The van der Waals surface area contributed by atoms with E-state index in [9.17, 15) is 13.2 Å². The smallest absolute Gasteiger partial charge is 0.246 e. The number of halogens is 1. The van der Waals surface area contributed by atoms with E-state index in [0.29, 0.717) is 18.1 Å². The van der Waals surface area contributed by atoms with E-state index in [1.54, 1.807) is 53.7 Å². The fraction of sp³-hybridized carbons (Fsp3) is 0.182. The topological polar surface area (TPSA) is 70.6 Å². The third-order valence-corrected chi connectivity index (χ3v) is 7.22. The molecule has 1 saturated heterocycles. The Labute approximate surface area is 180 Å². The first-order chi connectivity index (χ1) is 14.4. The number of rotatable bonds is 4. The Morgan fingerprint density at radius 2 is 1.60 bits per heavy atom. The minimum Gasteiger partial charge on any atom is -0.337 e. The van der Waals surface area contributed by atoms with E-state index in [0.717, 1.165) is 16.3 Å². The molecule has 0 radical (unpaired) electrons. The molecule has 30 heavy (non-hydrogen) atoms. The van der Waals surface area contributed by atoms with Crippen LogP contribution in [-0.4, -0.2) is 54.7 Å². The van der Waals surface area contributed by atoms with Gasteiger partial charge in [0.25, 0.3) is 0 Å². The minimum absolute atomic E-state index is 0.133. The fourth-order valence-corrected chi connectivity index (χ4v) is 5.04. The van der Waals surface area contributed by atoms with Crippen molar-refractivity contribution in [3.63, 3.8) is 0 Å². The van der Waals surface area contributed by atoms with Crippen LogP contribution < -0.4 is 0 Å². The first-order valence-corrected chi connectivity index (χ1v) is 11.3. The summed E-state index contributed by atoms with van der Waals surface area (Å²) in [6, 6.07) is 14.0. The van der Waals surface area contributed by atoms with Crippen LogP contribution in [0.25, 0.3) is 16.8 Å². The van der Waals surface area contributed by atoms with Gasteiger partial charge < -0.3 is 4.90 Å². The van der Waals surface area contributed by atoms with Crippen LogP contribution in [-0.2, 0) is 14.8 Å². The molecule has 0 saturated carbocycles. The Hall–Kier alpha value is -2.74. The lowest BCUT2D eigenvalue weighted by Crippen LogP contribution is -2.50. The molecule has 0 aliphatic carbocycles. The summed E-state index contributed by atoms with van der Waals surface area (Å²) in [5.41, 5.74) is 0.886. The second kappa shape index (κ2) is 8.55. The van der Waals surface area contributed by atoms with Crippen LogP contribution >= 0.6 is 11.6 Å². The van der Waals surface area contributed by atoms with Gasteiger partial charge in [0, 0.05) is 49.7 Å². The second-order valence-electron chi connectivity index (χ2n) is 7.00. The number of benzene rings is 2. The molecule has 0 N–H and O–H groups in total. The van der Waals surface area contributed by atoms with Gasteiger partial charge in [0.05, 0.1) is 4.90 Å². The van der Waals surface area contributed by atoms with E-state index in [2.05, 4.69) is 4.98 Å². The lowest BCUT2D eigenvalue weighted by atomic mass is 10.1. The lowest BCUT2D eigenvalue weighted by Gasteiger charge is -2.33. The van der Waals surface area contributed by atoms with Crippen LogP contribution in [0.3, 0.4) is 0 Å². The quantitative estimate of drug-likeness (QED) is 0.581. The number of carbonyl (C=O) groups is 1. The van der Waals surface area contributed by atoms with Crippen LogP contribution in [0.4, 0.5) is 0 Å². The molecule has 2 aromatic carbocycles. The molecule has 6 nitrogen and oxygen atoms in total. The molecule has 0 bridgehead atoms. The van der Waals surface area contributed by atoms with Gasteiger partial charge in [0.15, 0.2) is 0 Å². The van der Waals surface area contributed by atoms with Crippen LogP contribution in [0.1, 0.15) is 5.56 Å². The molecule has 0 spiro atoms. The molecular weight excluding hydrogens is 422 g/mol. The van der Waals surface area contributed by atoms with Crippen molar-refractivity contribution in [2.24, 2.45) is 0 Å². The predicted molar refractivity (Wildman–Crippen MR) is 118 cm³/mol. The van der Waals surface area contributed by atoms with Gasteiger partial charge in [0.2, 0.25) is 15.9 Å². The van der Waals surface area contributed by atoms with Crippen molar-refractivity contribution in [1.29, 1.82) is 0 Å². The number of fused-ring (bicyclic) bond motifs is 1. The molecule has 1 amide bonds. The van der Waals surface area contributed by atoms with Crippen molar-refractivity contribution < 1.29 is 13.2 Å². The number of hydrogen-bond acceptors (Lipinski definition) is 4. The van der Waals surface area contributed by atoms with Gasteiger partial charge in [-0.15, -0.1) is 0 Å². The van der Waals surface area contributed by atoms with Crippen LogP contribution in [0.15, 0.2) is 71.9 Å². The molecule has 0 unspecified atom stereocenters. The highest BCUT2D eigenvalue weighted by Gasteiger charge is 2.29. The van der Waals surface area contributed by atoms with E-state index >= 15 is 0 Å². The monoisotopic (exact) mass is 441 g/mol. The number of amides is 1. The third kappa shape index (κ3) is 4.38. The average Bonchev–Trinajstić information content (AvgIpc) is 2.77. The molecule has 1 aliphatic rings. The maximum atomic E-state index is 13.1. The zero-order chi connectivity index (χ0) is 21.1. The predicted octanol–water partition coefficient (Wildman–Crippen LogP) is 3.43. The summed E-state index contributed by atoms with van der Waals surface area (Å²) in [5, 5.41) is 2.31. The zero-order valence-electron chi connectivity index (χ0n) is 16.1. The number of piperazine rings is 1. The van der Waals surface area contributed by atoms with E-state index in [-0.39, 0.29) is 23.9 Å². The van der Waals surface area contributed by atoms with E-state index in [1.165, 1.54) is 10.4 Å². The number of aromatic nitrogens is 1. The molecule has 1 aromatic heterocycles. The van der Waals surface area contributed by atoms with E-state index in [1.807, 2.05) is 18.2 Å². The highest BCUT2D eigenvalue weighted by atomic mass is 35.5. The molecular formula is C22H20ClN3O3S. The number of nitrogens with zero attached hydrogens (tertiary/aromatic N) is 3. The Balaban J connectivity index is 1.43. The van der Waals surface area contributed by atoms with Gasteiger partial charge in [-0.05, 0) is 58.8 Å². The third-order valence-electron chi connectivity index (χ3n) is 5.09. The van der Waals surface area contributed by atoms with Gasteiger partial charge in [-0.25, -0.2) is 8.42 Å². The van der Waals surface area contributed by atoms with Crippen molar-refractivity contribution in [3.8, 4) is 0 Å². The van der Waals surface area contributed by atoms with Crippen LogP contribution in [0, 0.1) is 0 Å². The number of carbonyl (C=O) groups excluding carboxylic acids is 1. The van der Waals surface area contributed by atoms with Gasteiger partial charge in [-0.2, -0.15) is 4.31 Å². The lowest BCUT2D eigenvalue weighted by molar-refractivity contribution is -0.127. The van der Waals surface area contributed by atoms with Crippen molar-refractivity contribution in [2.75, 3.05) is 26.2 Å². The number of pyridine rings is 1. The second-order valence-corrected chi connectivity index (χ2v) is 9.37. The first kappa shape index (κ1) is 20.5. The maximum absolute atomic E-state index is 13.1. The molecule has 1 fully saturated rings. The van der Waals surface area contributed by atoms with Gasteiger partial charge in [0.1, 0.15) is 0 Å². The first-order valence-electron chi connectivity index (χ1n) is 9.50. The van der Waals surface area contributed by atoms with Crippen molar-refractivity contribution >= 4 is 44.4 Å². The van der Waals surface area contributed by atoms with Gasteiger partial charge in [-0.1, -0.05) is 23.7 Å². The summed E-state index contributed by atoms with van der Waals surface area (Å²) < 4.78 is 27.6. The molecule has 0 atom stereocenters. The van der Waals surface area contributed by atoms with Gasteiger partial charge >= 0.3 is 0 Å². The Kier molecular flexibility index (Phi) is 5.85. The zero-order valence-corrected chi connectivity index (χ0v) is 17.7. The van der Waals surface area contributed by atoms with Crippen molar-refractivity contribution in [2.45, 2.75) is 4.90 Å². The van der Waals surface area contributed by atoms with E-state index < -0.39 is 10.0 Å². The Morgan fingerprint density at radius 1 is 0.933 bits per heavy atom. The molecule has 154 valence electrons. The van der Waals surface area contributed by atoms with Gasteiger partial charge in [-0.3, -0.25) is 9.78 Å². The highest BCUT2D eigenvalue weighted by molar-refractivity contribution is 7.89. The number of sulfonamides is 1. The SMILES string of the molecule is O=C(C=Cc1ccncc1)N1CCN(S(=O)(=O)c2ccc3cc(Cl)ccc3c2)CC1. The largest absolute Gasteiger partial charge is 0.337 e. The molecule has 1 aliphatic heterocycles. The van der Waals surface area contributed by atoms with Crippen molar-refractivity contribution in [1.82, 2.24) is 14.2 Å². The van der Waals surface area contributed by atoms with Crippen LogP contribution in [0.2, 0.25) is 5.02 Å². The summed E-state index contributed by atoms with van der Waals surface area (Å²) >= 11 is 6.00. The summed E-state index contributed by atoms with van der Waals surface area (Å²) in [4.78, 5) is 18.3. The van der Waals surface area contributed by atoms with E-state index in [4.69, 9.17) is 11.6 Å². The van der Waals surface area contributed by atoms with Crippen LogP contribution in [0.5, 0.6) is 0 Å². The summed E-state index contributed by atoms with van der Waals surface area (Å²) in [7, 11) is -3.63. The molecule has 8 heteroatoms. The number of hydrogen-bond donors (Lipinski definition) is 0. The summed E-state index contributed by atoms with van der Waals surface area (Å²) in [6.07, 6.45) is 6.56. The Morgan fingerprint density at radius 3 is 2.33 bits per heavy atom. The molecule has 4 rings (SSSR count). The van der Waals surface area contributed by atoms with Crippen molar-refractivity contribution in [3.05, 3.63) is 77.6 Å². The average molecular weight is 442 g/mol. The summed E-state index contributed by atoms with van der Waals surface area (Å²) in [5.74, 6) is -0.133. The summed E-state index contributed by atoms with van der Waals surface area (Å²) in [6.45, 7) is 1.22. The normalized spacial score (nSPS) is 15.7. The minimum atomic E-state index is -3.63. The fourth-order valence-electron chi connectivity index (χ4n) is 3.40. The highest BCUT2D eigenvalue weighted by Crippen LogP contribution is 2.25. The molecule has 3 aromatic rings. The maximum Gasteiger partial charge on any atom is 0.246 e. The molecule has 2 heterocycles. The Bertz CT molecular complexity index is 1200. The standard InChI is InChI=1S/C22H20ClN3O3S/c23-20-4-2-19-16-21(5-3-18(19)15-20)30(28,29)26-13-11-25(12-14-26)22(27)6-1-17-7-9-24-10-8-17/h1-10,15-16H,11-14H2.